The SMILES string of the molecule is CC/C=C\C/C=C\C/C=C\CCCCCCCCCC(=O)NC(COP(=O)(O)OCCN)C(O)/C=C/CCCCCCCCCCCCCCCCCCC. The van der Waals surface area contributed by atoms with E-state index in [0.29, 0.717) is 6.42 Å². The van der Waals surface area contributed by atoms with Crippen molar-refractivity contribution < 1.29 is 28.4 Å². The lowest BCUT2D eigenvalue weighted by molar-refractivity contribution is -0.123. The van der Waals surface area contributed by atoms with Crippen LogP contribution in [0.5, 0.6) is 0 Å². The number of unbranched alkanes of at least 4 members (excludes halogenated alkanes) is 24. The quantitative estimate of drug-likeness (QED) is 0.0275. The van der Waals surface area contributed by atoms with Crippen LogP contribution in [0.15, 0.2) is 48.6 Å². The van der Waals surface area contributed by atoms with Gasteiger partial charge in [-0.2, -0.15) is 0 Å². The van der Waals surface area contributed by atoms with Gasteiger partial charge in [0.1, 0.15) is 0 Å². The van der Waals surface area contributed by atoms with E-state index in [1.807, 2.05) is 6.08 Å². The van der Waals surface area contributed by atoms with E-state index in [9.17, 15) is 19.4 Å². The Balaban J connectivity index is 4.20. The maximum absolute atomic E-state index is 12.8. The molecule has 0 aliphatic heterocycles. The number of hydrogen-bond acceptors (Lipinski definition) is 6. The van der Waals surface area contributed by atoms with E-state index in [-0.39, 0.29) is 25.7 Å². The molecule has 0 aliphatic carbocycles. The highest BCUT2D eigenvalue weighted by Gasteiger charge is 2.26. The molecule has 5 N–H and O–H groups in total. The lowest BCUT2D eigenvalue weighted by atomic mass is 10.0. The standard InChI is InChI=1S/C46H87N2O6P/c1-3-5-7-9-11-13-15-17-19-21-22-24-25-27-29-31-33-35-37-39-45(49)44(43-54-55(51,52)53-42-41-47)48-46(50)40-38-36-34-32-30-28-26-23-20-18-16-14-12-10-8-6-4-2/h6,8,12,14,18,20,37,39,44-45,49H,3-5,7,9-11,13,15-17,19,21-36,38,40-43,47H2,1-2H3,(H,48,50)(H,51,52)/b8-6-,14-12-,20-18-,39-37+. The maximum atomic E-state index is 12.8. The Morgan fingerprint density at radius 2 is 1.05 bits per heavy atom. The molecule has 9 heteroatoms. The molecule has 0 heterocycles. The molecule has 3 atom stereocenters. The third kappa shape index (κ3) is 40.5. The summed E-state index contributed by atoms with van der Waals surface area (Å²) in [7, 11) is -4.34. The fourth-order valence-electron chi connectivity index (χ4n) is 6.50. The van der Waals surface area contributed by atoms with Gasteiger partial charge in [0.05, 0.1) is 25.4 Å². The van der Waals surface area contributed by atoms with Crippen molar-refractivity contribution in [1.29, 1.82) is 0 Å². The Morgan fingerprint density at radius 3 is 1.55 bits per heavy atom. The van der Waals surface area contributed by atoms with E-state index < -0.39 is 20.0 Å². The molecular weight excluding hydrogens is 707 g/mol. The average molecular weight is 795 g/mol. The third-order valence-corrected chi connectivity index (χ3v) is 10.9. The molecule has 1 amide bonds. The molecule has 0 aromatic heterocycles. The predicted octanol–water partition coefficient (Wildman–Crippen LogP) is 12.9. The van der Waals surface area contributed by atoms with Gasteiger partial charge in [-0.25, -0.2) is 4.57 Å². The van der Waals surface area contributed by atoms with Gasteiger partial charge >= 0.3 is 7.82 Å². The van der Waals surface area contributed by atoms with Gasteiger partial charge in [-0.05, 0) is 51.4 Å². The maximum Gasteiger partial charge on any atom is 0.472 e. The Morgan fingerprint density at radius 1 is 0.618 bits per heavy atom. The topological polar surface area (TPSA) is 131 Å². The molecule has 55 heavy (non-hydrogen) atoms. The number of carbonyl (C=O) groups excluding carboxylic acids is 1. The molecule has 0 fully saturated rings. The first kappa shape index (κ1) is 53.5. The minimum absolute atomic E-state index is 0.0754. The second-order valence-corrected chi connectivity index (χ2v) is 16.7. The number of carbonyl (C=O) groups is 1. The number of rotatable bonds is 42. The molecule has 0 rings (SSSR count). The molecule has 322 valence electrons. The number of nitrogens with one attached hydrogen (secondary N) is 1. The fraction of sp³-hybridized carbons (Fsp3) is 0.804. The van der Waals surface area contributed by atoms with Crippen LogP contribution in [0.3, 0.4) is 0 Å². The molecule has 0 aromatic carbocycles. The normalized spacial score (nSPS) is 14.5. The van der Waals surface area contributed by atoms with Gasteiger partial charge in [0, 0.05) is 13.0 Å². The molecule has 0 aliphatic rings. The molecule has 0 radical (unpaired) electrons. The van der Waals surface area contributed by atoms with Crippen molar-refractivity contribution in [3.63, 3.8) is 0 Å². The van der Waals surface area contributed by atoms with Crippen molar-refractivity contribution in [3.05, 3.63) is 48.6 Å². The summed E-state index contributed by atoms with van der Waals surface area (Å²) in [5.41, 5.74) is 5.38. The van der Waals surface area contributed by atoms with Crippen molar-refractivity contribution in [2.75, 3.05) is 19.8 Å². The number of amides is 1. The van der Waals surface area contributed by atoms with Gasteiger partial charge in [-0.15, -0.1) is 0 Å². The first-order valence-corrected chi connectivity index (χ1v) is 24.3. The van der Waals surface area contributed by atoms with Crippen LogP contribution >= 0.6 is 7.82 Å². The molecule has 8 nitrogen and oxygen atoms in total. The Kier molecular flexibility index (Phi) is 40.9. The molecule has 3 unspecified atom stereocenters. The van der Waals surface area contributed by atoms with Crippen LogP contribution in [0.4, 0.5) is 0 Å². The summed E-state index contributed by atoms with van der Waals surface area (Å²) in [6, 6.07) is -0.866. The Bertz CT molecular complexity index is 1000. The molecule has 0 saturated heterocycles. The number of aliphatic hydroxyl groups excluding tert-OH is 1. The second kappa shape index (κ2) is 42.1. The van der Waals surface area contributed by atoms with E-state index in [4.69, 9.17) is 14.8 Å². The van der Waals surface area contributed by atoms with Crippen LogP contribution in [0, 0.1) is 0 Å². The summed E-state index contributed by atoms with van der Waals surface area (Å²) in [5.74, 6) is -0.205. The largest absolute Gasteiger partial charge is 0.472 e. The van der Waals surface area contributed by atoms with Crippen LogP contribution in [0.25, 0.3) is 0 Å². The molecule has 0 aromatic rings. The minimum Gasteiger partial charge on any atom is -0.387 e. The first-order chi connectivity index (χ1) is 26.9. The van der Waals surface area contributed by atoms with Crippen LogP contribution in [-0.2, 0) is 18.4 Å². The highest BCUT2D eigenvalue weighted by molar-refractivity contribution is 7.47. The van der Waals surface area contributed by atoms with Crippen LogP contribution in [0.1, 0.15) is 206 Å². The van der Waals surface area contributed by atoms with E-state index in [2.05, 4.69) is 55.6 Å². The van der Waals surface area contributed by atoms with Crippen molar-refractivity contribution in [2.24, 2.45) is 5.73 Å². The van der Waals surface area contributed by atoms with Crippen molar-refractivity contribution >= 4 is 13.7 Å². The van der Waals surface area contributed by atoms with Gasteiger partial charge in [-0.3, -0.25) is 13.8 Å². The summed E-state index contributed by atoms with van der Waals surface area (Å²) >= 11 is 0. The molecular formula is C46H87N2O6P. The molecule has 0 spiro atoms. The van der Waals surface area contributed by atoms with Gasteiger partial charge < -0.3 is 21.1 Å². The molecule has 0 bridgehead atoms. The highest BCUT2D eigenvalue weighted by atomic mass is 31.2. The van der Waals surface area contributed by atoms with Crippen LogP contribution in [0.2, 0.25) is 0 Å². The van der Waals surface area contributed by atoms with Crippen LogP contribution < -0.4 is 11.1 Å². The number of allylic oxidation sites excluding steroid dienone is 7. The zero-order valence-electron chi connectivity index (χ0n) is 35.7. The number of aliphatic hydroxyl groups is 1. The van der Waals surface area contributed by atoms with E-state index >= 15 is 0 Å². The van der Waals surface area contributed by atoms with Crippen molar-refractivity contribution in [3.8, 4) is 0 Å². The van der Waals surface area contributed by atoms with Crippen molar-refractivity contribution in [2.45, 2.75) is 219 Å². The van der Waals surface area contributed by atoms with Crippen LogP contribution in [-0.4, -0.2) is 47.8 Å². The number of phosphoric ester groups is 1. The molecule has 0 saturated carbocycles. The zero-order valence-corrected chi connectivity index (χ0v) is 36.6. The average Bonchev–Trinajstić information content (AvgIpc) is 3.17. The number of phosphoric acid groups is 1. The van der Waals surface area contributed by atoms with E-state index in [1.54, 1.807) is 6.08 Å². The van der Waals surface area contributed by atoms with Gasteiger partial charge in [0.15, 0.2) is 0 Å². The summed E-state index contributed by atoms with van der Waals surface area (Å²) in [5, 5.41) is 13.7. The summed E-state index contributed by atoms with van der Waals surface area (Å²) in [6.45, 7) is 4.03. The van der Waals surface area contributed by atoms with Crippen molar-refractivity contribution in [1.82, 2.24) is 5.32 Å². The lowest BCUT2D eigenvalue weighted by Gasteiger charge is -2.23. The minimum atomic E-state index is -4.34. The monoisotopic (exact) mass is 795 g/mol. The number of nitrogens with two attached hydrogens (primary N) is 1. The van der Waals surface area contributed by atoms with Gasteiger partial charge in [0.2, 0.25) is 5.91 Å². The zero-order chi connectivity index (χ0) is 40.3. The first-order valence-electron chi connectivity index (χ1n) is 22.8. The summed E-state index contributed by atoms with van der Waals surface area (Å²) in [4.78, 5) is 22.7. The van der Waals surface area contributed by atoms with E-state index in [1.165, 1.54) is 116 Å². The second-order valence-electron chi connectivity index (χ2n) is 15.2. The number of hydrogen-bond donors (Lipinski definition) is 4. The predicted molar refractivity (Wildman–Crippen MR) is 235 cm³/mol. The van der Waals surface area contributed by atoms with Gasteiger partial charge in [-0.1, -0.05) is 197 Å². The van der Waals surface area contributed by atoms with Gasteiger partial charge in [0.25, 0.3) is 0 Å². The summed E-state index contributed by atoms with van der Waals surface area (Å²) < 4.78 is 22.1. The third-order valence-electron chi connectivity index (χ3n) is 9.91. The highest BCUT2D eigenvalue weighted by Crippen LogP contribution is 2.43. The fourth-order valence-corrected chi connectivity index (χ4v) is 7.26. The van der Waals surface area contributed by atoms with E-state index in [0.717, 1.165) is 70.6 Å². The summed E-state index contributed by atoms with van der Waals surface area (Å²) in [6.07, 6.45) is 51.6. The lowest BCUT2D eigenvalue weighted by Crippen LogP contribution is -2.45. The Hall–Kier alpha value is -1.54. The smallest absolute Gasteiger partial charge is 0.387 e. The Labute approximate surface area is 339 Å².